The molecule has 2 rings (SSSR count). The zero-order valence-electron chi connectivity index (χ0n) is 13.0. The van der Waals surface area contributed by atoms with Gasteiger partial charge >= 0.3 is 6.18 Å². The minimum atomic E-state index is -4.54. The van der Waals surface area contributed by atoms with Crippen LogP contribution in [0.1, 0.15) is 22.3 Å². The van der Waals surface area contributed by atoms with Crippen molar-refractivity contribution in [1.82, 2.24) is 0 Å². The SMILES string of the molecule is NC(=O)CCOc1ccccc1NC(=O)c1cccc(C(F)(F)F)c1. The van der Waals surface area contributed by atoms with E-state index in [2.05, 4.69) is 5.32 Å². The number of ether oxygens (including phenoxy) is 1. The van der Waals surface area contributed by atoms with Gasteiger partial charge in [0.2, 0.25) is 5.91 Å². The van der Waals surface area contributed by atoms with Crippen LogP contribution in [0, 0.1) is 0 Å². The number of nitrogens with two attached hydrogens (primary N) is 1. The van der Waals surface area contributed by atoms with E-state index in [1.54, 1.807) is 18.2 Å². The first-order valence-electron chi connectivity index (χ1n) is 7.26. The highest BCUT2D eigenvalue weighted by atomic mass is 19.4. The van der Waals surface area contributed by atoms with Crippen molar-refractivity contribution in [2.45, 2.75) is 12.6 Å². The van der Waals surface area contributed by atoms with E-state index in [0.29, 0.717) is 0 Å². The molecular formula is C17H15F3N2O3. The van der Waals surface area contributed by atoms with Crippen molar-refractivity contribution >= 4 is 17.5 Å². The Morgan fingerprint density at radius 3 is 2.48 bits per heavy atom. The summed E-state index contributed by atoms with van der Waals surface area (Å²) in [6.45, 7) is 0.0196. The maximum atomic E-state index is 12.7. The summed E-state index contributed by atoms with van der Waals surface area (Å²) in [5, 5.41) is 2.50. The van der Waals surface area contributed by atoms with Crippen molar-refractivity contribution in [2.75, 3.05) is 11.9 Å². The molecule has 2 amide bonds. The molecule has 2 aromatic carbocycles. The Morgan fingerprint density at radius 2 is 1.80 bits per heavy atom. The molecule has 0 aliphatic carbocycles. The van der Waals surface area contributed by atoms with Crippen molar-refractivity contribution in [3.05, 3.63) is 59.7 Å². The third-order valence-corrected chi connectivity index (χ3v) is 3.19. The van der Waals surface area contributed by atoms with Gasteiger partial charge in [-0.1, -0.05) is 18.2 Å². The van der Waals surface area contributed by atoms with Gasteiger partial charge in [0.25, 0.3) is 5.91 Å². The number of para-hydroxylation sites is 2. The fourth-order valence-electron chi connectivity index (χ4n) is 1.99. The zero-order chi connectivity index (χ0) is 18.4. The lowest BCUT2D eigenvalue weighted by molar-refractivity contribution is -0.137. The summed E-state index contributed by atoms with van der Waals surface area (Å²) < 4.78 is 43.6. The number of carbonyl (C=O) groups excluding carboxylic acids is 2. The van der Waals surface area contributed by atoms with Crippen LogP contribution in [0.5, 0.6) is 5.75 Å². The first-order valence-corrected chi connectivity index (χ1v) is 7.26. The molecule has 0 bridgehead atoms. The fraction of sp³-hybridized carbons (Fsp3) is 0.176. The van der Waals surface area contributed by atoms with Crippen LogP contribution in [-0.2, 0) is 11.0 Å². The van der Waals surface area contributed by atoms with Crippen molar-refractivity contribution in [3.8, 4) is 5.75 Å². The van der Waals surface area contributed by atoms with Crippen molar-refractivity contribution in [1.29, 1.82) is 0 Å². The molecule has 0 heterocycles. The standard InChI is InChI=1S/C17H15F3N2O3/c18-17(19,20)12-5-3-4-11(10-12)16(24)22-13-6-1-2-7-14(13)25-9-8-15(21)23/h1-7,10H,8-9H2,(H2,21,23)(H,22,24). The van der Waals surface area contributed by atoms with Crippen LogP contribution in [0.15, 0.2) is 48.5 Å². The minimum Gasteiger partial charge on any atom is -0.491 e. The number of halogens is 3. The highest BCUT2D eigenvalue weighted by Gasteiger charge is 2.30. The molecule has 0 aliphatic heterocycles. The number of alkyl halides is 3. The predicted octanol–water partition coefficient (Wildman–Crippen LogP) is 3.21. The van der Waals surface area contributed by atoms with E-state index in [9.17, 15) is 22.8 Å². The Labute approximate surface area is 141 Å². The Bertz CT molecular complexity index is 776. The Hall–Kier alpha value is -3.03. The molecule has 0 atom stereocenters. The number of benzene rings is 2. The smallest absolute Gasteiger partial charge is 0.416 e. The van der Waals surface area contributed by atoms with Gasteiger partial charge in [-0.05, 0) is 30.3 Å². The molecule has 0 saturated heterocycles. The lowest BCUT2D eigenvalue weighted by atomic mass is 10.1. The maximum absolute atomic E-state index is 12.7. The number of rotatable bonds is 6. The fourth-order valence-corrected chi connectivity index (χ4v) is 1.99. The van der Waals surface area contributed by atoms with Gasteiger partial charge in [-0.3, -0.25) is 9.59 Å². The lowest BCUT2D eigenvalue weighted by Crippen LogP contribution is -2.16. The van der Waals surface area contributed by atoms with E-state index in [-0.39, 0.29) is 30.0 Å². The van der Waals surface area contributed by atoms with E-state index < -0.39 is 23.6 Å². The van der Waals surface area contributed by atoms with Crippen molar-refractivity contribution in [3.63, 3.8) is 0 Å². The van der Waals surface area contributed by atoms with Gasteiger partial charge < -0.3 is 15.8 Å². The van der Waals surface area contributed by atoms with Crippen molar-refractivity contribution < 1.29 is 27.5 Å². The first kappa shape index (κ1) is 18.3. The highest BCUT2D eigenvalue weighted by molar-refractivity contribution is 6.05. The number of anilines is 1. The Kier molecular flexibility index (Phi) is 5.63. The van der Waals surface area contributed by atoms with Gasteiger partial charge in [0.15, 0.2) is 0 Å². The number of hydrogen-bond donors (Lipinski definition) is 2. The molecule has 0 saturated carbocycles. The largest absolute Gasteiger partial charge is 0.491 e. The molecule has 3 N–H and O–H groups in total. The summed E-state index contributed by atoms with van der Waals surface area (Å²) in [6, 6.07) is 10.5. The maximum Gasteiger partial charge on any atom is 0.416 e. The summed E-state index contributed by atoms with van der Waals surface area (Å²) in [5.41, 5.74) is 4.24. The first-order chi connectivity index (χ1) is 11.8. The van der Waals surface area contributed by atoms with Gasteiger partial charge in [-0.2, -0.15) is 13.2 Å². The number of primary amides is 1. The average molecular weight is 352 g/mol. The van der Waals surface area contributed by atoms with Crippen LogP contribution < -0.4 is 15.8 Å². The monoisotopic (exact) mass is 352 g/mol. The van der Waals surface area contributed by atoms with Crippen molar-refractivity contribution in [2.24, 2.45) is 5.73 Å². The molecule has 0 aliphatic rings. The normalized spacial score (nSPS) is 11.0. The van der Waals surface area contributed by atoms with Crippen LogP contribution in [0.4, 0.5) is 18.9 Å². The molecule has 0 unspecified atom stereocenters. The van der Waals surface area contributed by atoms with E-state index in [1.165, 1.54) is 12.1 Å². The molecule has 0 fully saturated rings. The molecule has 5 nitrogen and oxygen atoms in total. The molecule has 0 spiro atoms. The summed E-state index contributed by atoms with van der Waals surface area (Å²) >= 11 is 0. The molecule has 132 valence electrons. The van der Waals surface area contributed by atoms with Gasteiger partial charge in [0.05, 0.1) is 24.3 Å². The third kappa shape index (κ3) is 5.23. The van der Waals surface area contributed by atoms with Crippen LogP contribution in [0.3, 0.4) is 0 Å². The molecule has 25 heavy (non-hydrogen) atoms. The summed E-state index contributed by atoms with van der Waals surface area (Å²) in [6.07, 6.45) is -4.54. The lowest BCUT2D eigenvalue weighted by Gasteiger charge is -2.13. The molecule has 8 heteroatoms. The number of carbonyl (C=O) groups is 2. The van der Waals surface area contributed by atoms with Crippen LogP contribution in [0.2, 0.25) is 0 Å². The number of hydrogen-bond acceptors (Lipinski definition) is 3. The Morgan fingerprint density at radius 1 is 1.08 bits per heavy atom. The van der Waals surface area contributed by atoms with Crippen LogP contribution in [0.25, 0.3) is 0 Å². The Balaban J connectivity index is 2.14. The van der Waals surface area contributed by atoms with Gasteiger partial charge in [0.1, 0.15) is 5.75 Å². The molecule has 2 aromatic rings. The minimum absolute atomic E-state index is 0.00406. The second-order valence-electron chi connectivity index (χ2n) is 5.09. The molecule has 0 aromatic heterocycles. The predicted molar refractivity (Wildman–Crippen MR) is 85.1 cm³/mol. The number of nitrogens with one attached hydrogen (secondary N) is 1. The molecule has 0 radical (unpaired) electrons. The van der Waals surface area contributed by atoms with Gasteiger partial charge in [-0.25, -0.2) is 0 Å². The van der Waals surface area contributed by atoms with Gasteiger partial charge in [0, 0.05) is 5.56 Å². The highest BCUT2D eigenvalue weighted by Crippen LogP contribution is 2.30. The summed E-state index contributed by atoms with van der Waals surface area (Å²) in [4.78, 5) is 23.0. The second kappa shape index (κ2) is 7.69. The van der Waals surface area contributed by atoms with E-state index in [1.807, 2.05) is 0 Å². The summed E-state index contributed by atoms with van der Waals surface area (Å²) in [5.74, 6) is -0.966. The average Bonchev–Trinajstić information content (AvgIpc) is 2.55. The van der Waals surface area contributed by atoms with E-state index >= 15 is 0 Å². The van der Waals surface area contributed by atoms with Crippen LogP contribution in [-0.4, -0.2) is 18.4 Å². The van der Waals surface area contributed by atoms with E-state index in [4.69, 9.17) is 10.5 Å². The molecular weight excluding hydrogens is 337 g/mol. The van der Waals surface area contributed by atoms with Gasteiger partial charge in [-0.15, -0.1) is 0 Å². The van der Waals surface area contributed by atoms with Crippen LogP contribution >= 0.6 is 0 Å². The zero-order valence-corrected chi connectivity index (χ0v) is 13.0. The third-order valence-electron chi connectivity index (χ3n) is 3.19. The quantitative estimate of drug-likeness (QED) is 0.838. The van der Waals surface area contributed by atoms with E-state index in [0.717, 1.165) is 18.2 Å². The number of amides is 2. The topological polar surface area (TPSA) is 81.4 Å². The second-order valence-corrected chi connectivity index (χ2v) is 5.09. The summed E-state index contributed by atoms with van der Waals surface area (Å²) in [7, 11) is 0.